The maximum atomic E-state index is 10.8. The molecule has 0 fully saturated rings. The minimum Gasteiger partial charge on any atom is -0.398 e. The smallest absolute Gasteiger partial charge is 0.252 e. The zero-order chi connectivity index (χ0) is 9.30. The summed E-state index contributed by atoms with van der Waals surface area (Å²) in [5, 5.41) is 0.365. The number of nitrogens with two attached hydrogens (primary N) is 2. The summed E-state index contributed by atoms with van der Waals surface area (Å²) in [6.45, 7) is 0. The van der Waals surface area contributed by atoms with E-state index in [1.807, 2.05) is 0 Å². The molecule has 0 aliphatic rings. The fourth-order valence-corrected chi connectivity index (χ4v) is 1.24. The molecular weight excluding hydrogens is 199 g/mol. The number of rotatable bonds is 1. The summed E-state index contributed by atoms with van der Waals surface area (Å²) in [5.74, 6) is -0.681. The Bertz CT molecular complexity index is 338. The van der Waals surface area contributed by atoms with Crippen molar-refractivity contribution in [1.82, 2.24) is 0 Å². The lowest BCUT2D eigenvalue weighted by Crippen LogP contribution is -2.14. The molecule has 0 aliphatic carbocycles. The van der Waals surface area contributed by atoms with Crippen molar-refractivity contribution in [2.45, 2.75) is 0 Å². The lowest BCUT2D eigenvalue weighted by molar-refractivity contribution is 0.100. The molecule has 12 heavy (non-hydrogen) atoms. The van der Waals surface area contributed by atoms with Crippen LogP contribution in [0.25, 0.3) is 0 Å². The van der Waals surface area contributed by atoms with Crippen molar-refractivity contribution in [2.24, 2.45) is 5.73 Å². The van der Waals surface area contributed by atoms with E-state index in [-0.39, 0.29) is 21.3 Å². The lowest BCUT2D eigenvalue weighted by atomic mass is 10.2. The summed E-state index contributed by atoms with van der Waals surface area (Å²) >= 11 is 11.3. The monoisotopic (exact) mass is 204 g/mol. The van der Waals surface area contributed by atoms with Crippen molar-refractivity contribution in [2.75, 3.05) is 5.73 Å². The minimum absolute atomic E-state index is 0.0733. The van der Waals surface area contributed by atoms with E-state index < -0.39 is 5.91 Å². The van der Waals surface area contributed by atoms with Crippen molar-refractivity contribution in [3.63, 3.8) is 0 Å². The highest BCUT2D eigenvalue weighted by atomic mass is 35.5. The van der Waals surface area contributed by atoms with Crippen LogP contribution < -0.4 is 11.5 Å². The maximum absolute atomic E-state index is 10.8. The van der Waals surface area contributed by atoms with Gasteiger partial charge in [0.25, 0.3) is 5.91 Å². The van der Waals surface area contributed by atoms with Gasteiger partial charge in [0.15, 0.2) is 0 Å². The molecule has 1 aromatic carbocycles. The largest absolute Gasteiger partial charge is 0.398 e. The second-order valence-corrected chi connectivity index (χ2v) is 2.98. The summed E-state index contributed by atoms with van der Waals surface area (Å²) < 4.78 is 0. The number of hydrogen-bond donors (Lipinski definition) is 2. The highest BCUT2D eigenvalue weighted by Crippen LogP contribution is 2.29. The van der Waals surface area contributed by atoms with Gasteiger partial charge in [-0.15, -0.1) is 0 Å². The summed E-state index contributed by atoms with van der Waals surface area (Å²) in [4.78, 5) is 10.8. The zero-order valence-corrected chi connectivity index (χ0v) is 7.49. The molecule has 0 saturated heterocycles. The average molecular weight is 205 g/mol. The molecule has 1 aromatic rings. The van der Waals surface area contributed by atoms with Gasteiger partial charge in [-0.25, -0.2) is 0 Å². The summed E-state index contributed by atoms with van der Waals surface area (Å²) in [7, 11) is 0. The van der Waals surface area contributed by atoms with Gasteiger partial charge in [-0.3, -0.25) is 4.79 Å². The second-order valence-electron chi connectivity index (χ2n) is 2.19. The molecule has 64 valence electrons. The number of halogens is 2. The molecular formula is C7H6Cl2N2O. The van der Waals surface area contributed by atoms with Crippen LogP contribution in [0.4, 0.5) is 5.69 Å². The number of amides is 1. The molecule has 0 heterocycles. The SMILES string of the molecule is NC(=O)c1c(N)ccc(Cl)c1Cl. The number of benzene rings is 1. The third-order valence-electron chi connectivity index (χ3n) is 1.37. The predicted octanol–water partition coefficient (Wildman–Crippen LogP) is 1.67. The van der Waals surface area contributed by atoms with Gasteiger partial charge in [-0.05, 0) is 12.1 Å². The van der Waals surface area contributed by atoms with Crippen LogP contribution in [-0.2, 0) is 0 Å². The van der Waals surface area contributed by atoms with Crippen LogP contribution in [0.3, 0.4) is 0 Å². The van der Waals surface area contributed by atoms with Crippen molar-refractivity contribution in [3.8, 4) is 0 Å². The molecule has 0 spiro atoms. The average Bonchev–Trinajstić information content (AvgIpc) is 1.97. The van der Waals surface area contributed by atoms with Crippen LogP contribution in [0.5, 0.6) is 0 Å². The Morgan fingerprint density at radius 2 is 1.92 bits per heavy atom. The van der Waals surface area contributed by atoms with E-state index in [0.717, 1.165) is 0 Å². The first-order chi connectivity index (χ1) is 5.54. The molecule has 1 amide bonds. The molecule has 0 radical (unpaired) electrons. The molecule has 0 unspecified atom stereocenters. The Morgan fingerprint density at radius 3 is 2.33 bits per heavy atom. The van der Waals surface area contributed by atoms with Crippen LogP contribution in [0.15, 0.2) is 12.1 Å². The molecule has 0 saturated carbocycles. The highest BCUT2D eigenvalue weighted by Gasteiger charge is 2.13. The van der Waals surface area contributed by atoms with E-state index in [9.17, 15) is 4.79 Å². The van der Waals surface area contributed by atoms with Gasteiger partial charge in [0, 0.05) is 5.69 Å². The first-order valence-electron chi connectivity index (χ1n) is 3.07. The normalized spacial score (nSPS) is 9.83. The van der Waals surface area contributed by atoms with Gasteiger partial charge < -0.3 is 11.5 Å². The number of primary amides is 1. The van der Waals surface area contributed by atoms with Crippen LogP contribution in [0, 0.1) is 0 Å². The predicted molar refractivity (Wildman–Crippen MR) is 49.4 cm³/mol. The maximum Gasteiger partial charge on any atom is 0.252 e. The van der Waals surface area contributed by atoms with Crippen LogP contribution >= 0.6 is 23.2 Å². The first-order valence-corrected chi connectivity index (χ1v) is 3.83. The third-order valence-corrected chi connectivity index (χ3v) is 2.18. The van der Waals surface area contributed by atoms with E-state index >= 15 is 0 Å². The Morgan fingerprint density at radius 1 is 1.33 bits per heavy atom. The van der Waals surface area contributed by atoms with Gasteiger partial charge in [-0.1, -0.05) is 23.2 Å². The Hall–Kier alpha value is -0.930. The van der Waals surface area contributed by atoms with E-state index in [0.29, 0.717) is 0 Å². The summed E-state index contributed by atoms with van der Waals surface area (Å²) in [6, 6.07) is 2.99. The molecule has 0 atom stereocenters. The zero-order valence-electron chi connectivity index (χ0n) is 5.97. The Kier molecular flexibility index (Phi) is 2.45. The molecule has 0 bridgehead atoms. The number of carbonyl (C=O) groups excluding carboxylic acids is 1. The van der Waals surface area contributed by atoms with Crippen molar-refractivity contribution >= 4 is 34.8 Å². The molecule has 4 N–H and O–H groups in total. The Labute approximate surface area is 79.2 Å². The van der Waals surface area contributed by atoms with Gasteiger partial charge in [0.1, 0.15) is 0 Å². The summed E-state index contributed by atoms with van der Waals surface area (Å²) in [5.41, 5.74) is 10.8. The standard InChI is InChI=1S/C7H6Cl2N2O/c8-3-1-2-4(10)5(6(3)9)7(11)12/h1-2H,10H2,(H2,11,12). The van der Waals surface area contributed by atoms with Crippen molar-refractivity contribution in [3.05, 3.63) is 27.7 Å². The van der Waals surface area contributed by atoms with Crippen molar-refractivity contribution in [1.29, 1.82) is 0 Å². The van der Waals surface area contributed by atoms with Crippen molar-refractivity contribution < 1.29 is 4.79 Å². The van der Waals surface area contributed by atoms with Gasteiger partial charge in [0.2, 0.25) is 0 Å². The van der Waals surface area contributed by atoms with Gasteiger partial charge in [0.05, 0.1) is 15.6 Å². The van der Waals surface area contributed by atoms with Crippen LogP contribution in [0.1, 0.15) is 10.4 Å². The van der Waals surface area contributed by atoms with Gasteiger partial charge >= 0.3 is 0 Å². The lowest BCUT2D eigenvalue weighted by Gasteiger charge is -2.04. The van der Waals surface area contributed by atoms with Gasteiger partial charge in [-0.2, -0.15) is 0 Å². The fourth-order valence-electron chi connectivity index (χ4n) is 0.816. The molecule has 5 heteroatoms. The van der Waals surface area contributed by atoms with E-state index in [1.54, 1.807) is 0 Å². The van der Waals surface area contributed by atoms with Crippen LogP contribution in [0.2, 0.25) is 10.0 Å². The summed E-state index contributed by atoms with van der Waals surface area (Å²) in [6.07, 6.45) is 0. The topological polar surface area (TPSA) is 69.1 Å². The van der Waals surface area contributed by atoms with Crippen LogP contribution in [-0.4, -0.2) is 5.91 Å². The molecule has 0 aliphatic heterocycles. The first kappa shape index (κ1) is 9.16. The van der Waals surface area contributed by atoms with E-state index in [4.69, 9.17) is 34.7 Å². The molecule has 3 nitrogen and oxygen atoms in total. The number of anilines is 1. The van der Waals surface area contributed by atoms with E-state index in [2.05, 4.69) is 0 Å². The number of hydrogen-bond acceptors (Lipinski definition) is 2. The fraction of sp³-hybridized carbons (Fsp3) is 0. The number of carbonyl (C=O) groups is 1. The molecule has 1 rings (SSSR count). The minimum atomic E-state index is -0.681. The molecule has 0 aromatic heterocycles. The second kappa shape index (κ2) is 3.21. The number of nitrogen functional groups attached to an aromatic ring is 1. The highest BCUT2D eigenvalue weighted by molar-refractivity contribution is 6.44. The quantitative estimate of drug-likeness (QED) is 0.684. The third kappa shape index (κ3) is 1.47. The van der Waals surface area contributed by atoms with E-state index in [1.165, 1.54) is 12.1 Å². The Balaban J connectivity index is 3.43.